The van der Waals surface area contributed by atoms with Crippen molar-refractivity contribution in [2.45, 2.75) is 25.1 Å². The Morgan fingerprint density at radius 2 is 1.90 bits per heavy atom. The first-order chi connectivity index (χ1) is 13.3. The molecule has 0 unspecified atom stereocenters. The molecule has 12 nitrogen and oxygen atoms in total. The number of nitrogen functional groups attached to an aromatic ring is 1. The number of amides is 1. The van der Waals surface area contributed by atoms with E-state index in [0.717, 1.165) is 12.1 Å². The first-order valence-corrected chi connectivity index (χ1v) is 7.47. The highest BCUT2D eigenvalue weighted by Crippen LogP contribution is 2.21. The van der Waals surface area contributed by atoms with Crippen LogP contribution in [0.2, 0.25) is 0 Å². The third-order valence-corrected chi connectivity index (χ3v) is 3.20. The van der Waals surface area contributed by atoms with Gasteiger partial charge in [-0.15, -0.1) is 0 Å². The monoisotopic (exact) mass is 422 g/mol. The number of benzene rings is 1. The molecule has 0 radical (unpaired) electrons. The number of carbonyl (C=O) groups excluding carboxylic acids is 3. The molecule has 1 atom stereocenters. The van der Waals surface area contributed by atoms with Crippen LogP contribution in [-0.4, -0.2) is 46.1 Å². The molecule has 0 aliphatic rings. The van der Waals surface area contributed by atoms with Crippen molar-refractivity contribution in [2.75, 3.05) is 5.73 Å². The number of esters is 2. The summed E-state index contributed by atoms with van der Waals surface area (Å²) >= 11 is 0. The second kappa shape index (κ2) is 9.45. The van der Waals surface area contributed by atoms with E-state index in [-0.39, 0.29) is 5.69 Å². The fourth-order valence-electron chi connectivity index (χ4n) is 1.84. The standard InChI is InChI=1S/C14H13F3N4O8/c15-14(16,17)13(26)29-10(22)4-3-8(12(24)25)19-20-11(23)7-2-1-6(18)5-9(7)21(27)28/h1-2,5,8,19H,3-4,18H2,(H,20,23)(H,24,25)/t8-/m0/s1. The first-order valence-electron chi connectivity index (χ1n) is 7.47. The fourth-order valence-corrected chi connectivity index (χ4v) is 1.84. The van der Waals surface area contributed by atoms with Gasteiger partial charge >= 0.3 is 24.1 Å². The van der Waals surface area contributed by atoms with Crippen LogP contribution in [0.4, 0.5) is 24.5 Å². The molecule has 0 saturated carbocycles. The van der Waals surface area contributed by atoms with E-state index >= 15 is 0 Å². The lowest BCUT2D eigenvalue weighted by Crippen LogP contribution is -2.48. The molecule has 0 heterocycles. The van der Waals surface area contributed by atoms with Gasteiger partial charge in [-0.1, -0.05) is 0 Å². The van der Waals surface area contributed by atoms with Crippen LogP contribution < -0.4 is 16.6 Å². The number of rotatable bonds is 8. The Balaban J connectivity index is 2.71. The van der Waals surface area contributed by atoms with E-state index in [9.17, 15) is 42.5 Å². The fraction of sp³-hybridized carbons (Fsp3) is 0.286. The molecule has 0 aliphatic heterocycles. The number of aliphatic carboxylic acids is 1. The van der Waals surface area contributed by atoms with Crippen LogP contribution in [0.3, 0.4) is 0 Å². The number of nitro groups is 1. The summed E-state index contributed by atoms with van der Waals surface area (Å²) in [5.74, 6) is -7.13. The number of ether oxygens (including phenoxy) is 1. The van der Waals surface area contributed by atoms with E-state index in [4.69, 9.17) is 10.8 Å². The summed E-state index contributed by atoms with van der Waals surface area (Å²) in [6, 6.07) is 1.40. The van der Waals surface area contributed by atoms with Crippen molar-refractivity contribution < 1.29 is 47.1 Å². The van der Waals surface area contributed by atoms with Crippen LogP contribution in [0.5, 0.6) is 0 Å². The van der Waals surface area contributed by atoms with E-state index in [0.29, 0.717) is 0 Å². The number of hydrogen-bond acceptors (Lipinski definition) is 9. The molecule has 1 amide bonds. The largest absolute Gasteiger partial charge is 0.491 e. The molecule has 0 aromatic heterocycles. The van der Waals surface area contributed by atoms with Crippen molar-refractivity contribution in [3.63, 3.8) is 0 Å². The number of carboxylic acid groups (broad SMARTS) is 1. The topological polar surface area (TPSA) is 191 Å². The number of anilines is 1. The maximum absolute atomic E-state index is 12.0. The van der Waals surface area contributed by atoms with Crippen molar-refractivity contribution in [3.05, 3.63) is 33.9 Å². The molecule has 0 saturated heterocycles. The SMILES string of the molecule is Nc1ccc(C(=O)NN[C@@H](CCC(=O)OC(=O)C(F)(F)F)C(=O)O)c([N+](=O)[O-])c1. The van der Waals surface area contributed by atoms with E-state index in [2.05, 4.69) is 4.74 Å². The second-order valence-corrected chi connectivity index (χ2v) is 5.32. The predicted molar refractivity (Wildman–Crippen MR) is 85.9 cm³/mol. The van der Waals surface area contributed by atoms with Gasteiger partial charge in [0.1, 0.15) is 11.6 Å². The summed E-state index contributed by atoms with van der Waals surface area (Å²) in [5.41, 5.74) is 8.10. The number of nitrogens with two attached hydrogens (primary N) is 1. The van der Waals surface area contributed by atoms with Crippen molar-refractivity contribution in [3.8, 4) is 0 Å². The van der Waals surface area contributed by atoms with Gasteiger partial charge in [0, 0.05) is 18.2 Å². The summed E-state index contributed by atoms with van der Waals surface area (Å²) in [4.78, 5) is 54.9. The summed E-state index contributed by atoms with van der Waals surface area (Å²) in [7, 11) is 0. The molecule has 1 rings (SSSR count). The van der Waals surface area contributed by atoms with Crippen LogP contribution in [0, 0.1) is 10.1 Å². The van der Waals surface area contributed by atoms with Gasteiger partial charge in [0.15, 0.2) is 0 Å². The number of alkyl halides is 3. The van der Waals surface area contributed by atoms with Crippen LogP contribution in [0.25, 0.3) is 0 Å². The van der Waals surface area contributed by atoms with Gasteiger partial charge in [0.05, 0.1) is 4.92 Å². The van der Waals surface area contributed by atoms with Crippen LogP contribution in [0.15, 0.2) is 18.2 Å². The summed E-state index contributed by atoms with van der Waals surface area (Å²) in [6.45, 7) is 0. The van der Waals surface area contributed by atoms with E-state index in [1.807, 2.05) is 10.9 Å². The van der Waals surface area contributed by atoms with Gasteiger partial charge in [-0.05, 0) is 18.6 Å². The van der Waals surface area contributed by atoms with Crippen LogP contribution in [-0.2, 0) is 19.1 Å². The molecular weight excluding hydrogens is 409 g/mol. The molecule has 1 aromatic rings. The van der Waals surface area contributed by atoms with E-state index in [1.54, 1.807) is 0 Å². The number of halogens is 3. The maximum atomic E-state index is 12.0. The van der Waals surface area contributed by atoms with Crippen molar-refractivity contribution in [1.82, 2.24) is 10.9 Å². The third-order valence-electron chi connectivity index (χ3n) is 3.20. The molecule has 5 N–H and O–H groups in total. The zero-order valence-electron chi connectivity index (χ0n) is 14.2. The Labute approximate surface area is 158 Å². The number of nitrogens with zero attached hydrogens (tertiary/aromatic N) is 1. The predicted octanol–water partition coefficient (Wildman–Crippen LogP) is 0.277. The summed E-state index contributed by atoms with van der Waals surface area (Å²) in [6.07, 6.45) is -6.99. The number of carbonyl (C=O) groups is 4. The highest BCUT2D eigenvalue weighted by Gasteiger charge is 2.42. The maximum Gasteiger partial charge on any atom is 0.491 e. The Morgan fingerprint density at radius 1 is 1.28 bits per heavy atom. The van der Waals surface area contributed by atoms with E-state index < -0.39 is 65.0 Å². The number of nitro benzene ring substituents is 1. The molecule has 0 aliphatic carbocycles. The summed E-state index contributed by atoms with van der Waals surface area (Å²) in [5, 5.41) is 20.0. The third kappa shape index (κ3) is 7.06. The Kier molecular flexibility index (Phi) is 7.59. The minimum Gasteiger partial charge on any atom is -0.480 e. The van der Waals surface area contributed by atoms with Crippen molar-refractivity contribution in [2.24, 2.45) is 0 Å². The number of hydrogen-bond donors (Lipinski definition) is 4. The first kappa shape index (κ1) is 23.3. The Hall–Kier alpha value is -3.75. The van der Waals surface area contributed by atoms with Gasteiger partial charge in [-0.3, -0.25) is 29.9 Å². The van der Waals surface area contributed by atoms with Gasteiger partial charge in [-0.25, -0.2) is 10.2 Å². The van der Waals surface area contributed by atoms with Crippen molar-refractivity contribution in [1.29, 1.82) is 0 Å². The number of hydrazine groups is 1. The molecule has 1 aromatic carbocycles. The quantitative estimate of drug-likeness (QED) is 0.149. The van der Waals surface area contributed by atoms with Crippen LogP contribution >= 0.6 is 0 Å². The molecule has 15 heteroatoms. The minimum atomic E-state index is -5.40. The lowest BCUT2D eigenvalue weighted by atomic mass is 10.1. The highest BCUT2D eigenvalue weighted by molar-refractivity contribution is 5.98. The number of carboxylic acids is 1. The molecule has 0 bridgehead atoms. The minimum absolute atomic E-state index is 0.00321. The highest BCUT2D eigenvalue weighted by atomic mass is 19.4. The molecule has 29 heavy (non-hydrogen) atoms. The number of nitrogens with one attached hydrogen (secondary N) is 2. The second-order valence-electron chi connectivity index (χ2n) is 5.32. The molecule has 158 valence electrons. The average molecular weight is 422 g/mol. The molecule has 0 spiro atoms. The van der Waals surface area contributed by atoms with Gasteiger partial charge in [-0.2, -0.15) is 13.2 Å². The summed E-state index contributed by atoms with van der Waals surface area (Å²) < 4.78 is 39.5. The van der Waals surface area contributed by atoms with Crippen LogP contribution in [0.1, 0.15) is 23.2 Å². The zero-order valence-corrected chi connectivity index (χ0v) is 14.2. The molecule has 0 fully saturated rings. The Bertz CT molecular complexity index is 843. The van der Waals surface area contributed by atoms with Gasteiger partial charge < -0.3 is 15.6 Å². The lowest BCUT2D eigenvalue weighted by Gasteiger charge is -2.15. The molecular formula is C14H13F3N4O8. The average Bonchev–Trinajstić information content (AvgIpc) is 2.59. The normalized spacial score (nSPS) is 12.0. The van der Waals surface area contributed by atoms with E-state index in [1.165, 1.54) is 6.07 Å². The smallest absolute Gasteiger partial charge is 0.480 e. The zero-order chi connectivity index (χ0) is 22.4. The van der Waals surface area contributed by atoms with Crippen molar-refractivity contribution >= 4 is 35.2 Å². The Morgan fingerprint density at radius 3 is 2.41 bits per heavy atom. The van der Waals surface area contributed by atoms with Gasteiger partial charge in [0.2, 0.25) is 0 Å². The van der Waals surface area contributed by atoms with Gasteiger partial charge in [0.25, 0.3) is 11.6 Å². The lowest BCUT2D eigenvalue weighted by molar-refractivity contribution is -0.385.